The van der Waals surface area contributed by atoms with Crippen LogP contribution in [-0.4, -0.2) is 68.4 Å². The van der Waals surface area contributed by atoms with Crippen LogP contribution in [0.3, 0.4) is 0 Å². The molecule has 0 aliphatic carbocycles. The van der Waals surface area contributed by atoms with E-state index >= 15 is 0 Å². The van der Waals surface area contributed by atoms with E-state index in [4.69, 9.17) is 16.3 Å². The van der Waals surface area contributed by atoms with E-state index in [-0.39, 0.29) is 50.1 Å². The molecule has 0 aromatic heterocycles. The number of methoxy groups -OCH3 is 1. The number of hydrazine groups is 1. The van der Waals surface area contributed by atoms with Crippen molar-refractivity contribution >= 4 is 47.3 Å². The van der Waals surface area contributed by atoms with Crippen molar-refractivity contribution in [1.82, 2.24) is 15.3 Å². The summed E-state index contributed by atoms with van der Waals surface area (Å²) in [6.45, 7) is -0.182. The normalized spacial score (nSPS) is 16.0. The van der Waals surface area contributed by atoms with Gasteiger partial charge in [-0.1, -0.05) is 17.7 Å². The van der Waals surface area contributed by atoms with Crippen LogP contribution in [0.1, 0.15) is 11.1 Å². The Labute approximate surface area is 224 Å². The summed E-state index contributed by atoms with van der Waals surface area (Å²) in [7, 11) is 5.03. The average molecular weight is 562 g/mol. The van der Waals surface area contributed by atoms with Crippen LogP contribution >= 0.6 is 24.0 Å². The van der Waals surface area contributed by atoms with Crippen molar-refractivity contribution in [3.8, 4) is 5.75 Å². The van der Waals surface area contributed by atoms with Gasteiger partial charge in [0.1, 0.15) is 18.1 Å². The molecule has 37 heavy (non-hydrogen) atoms. The topological polar surface area (TPSA) is 86.3 Å². The van der Waals surface area contributed by atoms with Gasteiger partial charge in [-0.05, 0) is 48.4 Å². The van der Waals surface area contributed by atoms with Gasteiger partial charge in [0, 0.05) is 24.8 Å². The molecule has 0 unspecified atom stereocenters. The van der Waals surface area contributed by atoms with E-state index in [1.165, 1.54) is 24.1 Å². The summed E-state index contributed by atoms with van der Waals surface area (Å²) in [5, 5.41) is 4.59. The van der Waals surface area contributed by atoms with Crippen molar-refractivity contribution in [2.45, 2.75) is 12.6 Å². The molecule has 0 saturated carbocycles. The van der Waals surface area contributed by atoms with E-state index in [0.717, 1.165) is 17.7 Å². The molecule has 2 N–H and O–H groups in total. The van der Waals surface area contributed by atoms with Crippen LogP contribution < -0.4 is 15.5 Å². The third-order valence-corrected chi connectivity index (χ3v) is 5.61. The number of ether oxygens (including phenoxy) is 1. The summed E-state index contributed by atoms with van der Waals surface area (Å²) in [4.78, 5) is 32.0. The lowest BCUT2D eigenvalue weighted by Gasteiger charge is -2.25. The Balaban J connectivity index is 0.00000481. The minimum absolute atomic E-state index is 0. The van der Waals surface area contributed by atoms with E-state index in [0.29, 0.717) is 16.6 Å². The van der Waals surface area contributed by atoms with Gasteiger partial charge in [0.25, 0.3) is 0 Å². The van der Waals surface area contributed by atoms with Crippen LogP contribution in [0, 0.1) is 5.92 Å². The number of anilines is 1. The van der Waals surface area contributed by atoms with E-state index in [1.807, 2.05) is 0 Å². The molecule has 2 aromatic rings. The maximum Gasteiger partial charge on any atom is 0.416 e. The maximum absolute atomic E-state index is 13.4. The zero-order valence-electron chi connectivity index (χ0n) is 20.4. The summed E-state index contributed by atoms with van der Waals surface area (Å²) in [5.74, 6) is -0.523. The van der Waals surface area contributed by atoms with E-state index in [1.54, 1.807) is 37.3 Å². The highest BCUT2D eigenvalue weighted by atomic mass is 35.5. The Kier molecular flexibility index (Phi) is 10.6. The highest BCUT2D eigenvalue weighted by molar-refractivity contribution is 6.30. The van der Waals surface area contributed by atoms with Gasteiger partial charge < -0.3 is 20.4 Å². The second kappa shape index (κ2) is 13.0. The van der Waals surface area contributed by atoms with Gasteiger partial charge in [0.2, 0.25) is 11.8 Å². The number of benzene rings is 2. The molecule has 0 bridgehead atoms. The number of aliphatic imine (C=N–C) groups is 1. The fourth-order valence-electron chi connectivity index (χ4n) is 3.80. The standard InChI is InChI=1S/C24H27ClF3N5O3.ClH/c1-32(2)31-21-13-33(14-22(34)30-19-6-4-5-17(11-19)24(26,27)28)23(35)16(12-29-21)9-15-10-18(25)7-8-20(15)36-3;/h4-8,10-11,16H,9,12-14H2,1-3H3,(H,29,31)(H,30,34);1H/t16-;/m1./s1. The molecule has 13 heteroatoms. The highest BCUT2D eigenvalue weighted by Crippen LogP contribution is 2.31. The molecule has 202 valence electrons. The number of nitrogens with zero attached hydrogens (tertiary/aromatic N) is 3. The fraction of sp³-hybridized carbons (Fsp3) is 0.375. The maximum atomic E-state index is 13.4. The van der Waals surface area contributed by atoms with Gasteiger partial charge in [0.05, 0.1) is 31.7 Å². The molecule has 2 amide bonds. The van der Waals surface area contributed by atoms with Gasteiger partial charge in [-0.25, -0.2) is 5.01 Å². The first-order chi connectivity index (χ1) is 17.0. The van der Waals surface area contributed by atoms with Crippen LogP contribution in [0.2, 0.25) is 5.02 Å². The molecule has 1 aliphatic rings. The first-order valence-corrected chi connectivity index (χ1v) is 11.4. The Bertz CT molecular complexity index is 1140. The van der Waals surface area contributed by atoms with Crippen molar-refractivity contribution in [3.05, 3.63) is 58.6 Å². The number of hydrogen-bond acceptors (Lipinski definition) is 6. The summed E-state index contributed by atoms with van der Waals surface area (Å²) < 4.78 is 44.4. The smallest absolute Gasteiger partial charge is 0.416 e. The van der Waals surface area contributed by atoms with E-state index < -0.39 is 23.6 Å². The van der Waals surface area contributed by atoms with Gasteiger partial charge in [0.15, 0.2) is 0 Å². The summed E-state index contributed by atoms with van der Waals surface area (Å²) in [6.07, 6.45) is -4.27. The fourth-order valence-corrected chi connectivity index (χ4v) is 3.99. The van der Waals surface area contributed by atoms with Crippen LogP contribution in [0.15, 0.2) is 47.5 Å². The highest BCUT2D eigenvalue weighted by Gasteiger charge is 2.32. The number of amides is 2. The largest absolute Gasteiger partial charge is 0.496 e. The monoisotopic (exact) mass is 561 g/mol. The molecule has 3 rings (SSSR count). The molecule has 0 radical (unpaired) electrons. The lowest BCUT2D eigenvalue weighted by Crippen LogP contribution is -2.47. The van der Waals surface area contributed by atoms with Crippen LogP contribution in [-0.2, 0) is 22.2 Å². The zero-order chi connectivity index (χ0) is 26.5. The van der Waals surface area contributed by atoms with Crippen molar-refractivity contribution in [2.24, 2.45) is 10.9 Å². The molecule has 1 aliphatic heterocycles. The van der Waals surface area contributed by atoms with Crippen molar-refractivity contribution in [1.29, 1.82) is 0 Å². The molecule has 0 saturated heterocycles. The molecule has 1 atom stereocenters. The second-order valence-electron chi connectivity index (χ2n) is 8.47. The molecular formula is C24H28Cl2F3N5O3. The lowest BCUT2D eigenvalue weighted by atomic mass is 9.97. The number of halogens is 5. The SMILES string of the molecule is COc1ccc(Cl)cc1C[C@@H]1CN=C(NN(C)C)CN(CC(=O)Nc2cccc(C(F)(F)F)c2)C1=O.Cl. The summed E-state index contributed by atoms with van der Waals surface area (Å²) in [5.41, 5.74) is 2.84. The van der Waals surface area contributed by atoms with Gasteiger partial charge in [-0.3, -0.25) is 14.6 Å². The first kappa shape index (κ1) is 30.2. The van der Waals surface area contributed by atoms with Gasteiger partial charge in [-0.2, -0.15) is 13.2 Å². The number of rotatable bonds is 7. The number of amidine groups is 1. The minimum atomic E-state index is -4.54. The Morgan fingerprint density at radius 3 is 2.62 bits per heavy atom. The Morgan fingerprint density at radius 1 is 1.24 bits per heavy atom. The number of hydrogen-bond donors (Lipinski definition) is 2. The Hall–Kier alpha value is -3.02. The van der Waals surface area contributed by atoms with Crippen molar-refractivity contribution < 1.29 is 27.5 Å². The number of carbonyl (C=O) groups excluding carboxylic acids is 2. The van der Waals surface area contributed by atoms with Crippen LogP contribution in [0.5, 0.6) is 5.75 Å². The number of carbonyl (C=O) groups is 2. The van der Waals surface area contributed by atoms with Crippen LogP contribution in [0.4, 0.5) is 18.9 Å². The quantitative estimate of drug-likeness (QED) is 0.501. The summed E-state index contributed by atoms with van der Waals surface area (Å²) in [6, 6.07) is 9.42. The van der Waals surface area contributed by atoms with Gasteiger partial charge >= 0.3 is 6.18 Å². The third kappa shape index (κ3) is 8.51. The third-order valence-electron chi connectivity index (χ3n) is 5.37. The predicted molar refractivity (Wildman–Crippen MR) is 138 cm³/mol. The lowest BCUT2D eigenvalue weighted by molar-refractivity contribution is -0.137. The van der Waals surface area contributed by atoms with Crippen LogP contribution in [0.25, 0.3) is 0 Å². The first-order valence-electron chi connectivity index (χ1n) is 11.0. The van der Waals surface area contributed by atoms with Crippen molar-refractivity contribution in [3.63, 3.8) is 0 Å². The zero-order valence-corrected chi connectivity index (χ0v) is 22.0. The molecule has 1 heterocycles. The molecule has 0 spiro atoms. The Morgan fingerprint density at radius 2 is 1.97 bits per heavy atom. The van der Waals surface area contributed by atoms with Crippen molar-refractivity contribution in [2.75, 3.05) is 46.2 Å². The molecule has 2 aromatic carbocycles. The predicted octanol–water partition coefficient (Wildman–Crippen LogP) is 3.89. The number of nitrogens with one attached hydrogen (secondary N) is 2. The number of alkyl halides is 3. The second-order valence-corrected chi connectivity index (χ2v) is 8.91. The average Bonchev–Trinajstić information content (AvgIpc) is 2.92. The van der Waals surface area contributed by atoms with E-state index in [9.17, 15) is 22.8 Å². The molecule has 0 fully saturated rings. The van der Waals surface area contributed by atoms with E-state index in [2.05, 4.69) is 15.7 Å². The minimum Gasteiger partial charge on any atom is -0.496 e. The summed E-state index contributed by atoms with van der Waals surface area (Å²) >= 11 is 6.14. The van der Waals surface area contributed by atoms with Gasteiger partial charge in [-0.15, -0.1) is 12.4 Å². The molecular weight excluding hydrogens is 534 g/mol. The molecule has 8 nitrogen and oxygen atoms in total.